The molecular formula is C27H38O10. The van der Waals surface area contributed by atoms with Gasteiger partial charge in [0.2, 0.25) is 0 Å². The summed E-state index contributed by atoms with van der Waals surface area (Å²) in [7, 11) is 0. The molecule has 1 saturated carbocycles. The summed E-state index contributed by atoms with van der Waals surface area (Å²) in [6, 6.07) is 0. The predicted molar refractivity (Wildman–Crippen MR) is 128 cm³/mol. The van der Waals surface area contributed by atoms with Crippen molar-refractivity contribution in [3.05, 3.63) is 11.6 Å². The van der Waals surface area contributed by atoms with Crippen molar-refractivity contribution < 1.29 is 48.0 Å². The molecule has 206 valence electrons. The van der Waals surface area contributed by atoms with Gasteiger partial charge in [-0.15, -0.1) is 0 Å². The molecule has 4 aliphatic rings. The highest BCUT2D eigenvalue weighted by Gasteiger charge is 2.74. The van der Waals surface area contributed by atoms with E-state index >= 15 is 0 Å². The number of esters is 4. The van der Waals surface area contributed by atoms with Crippen LogP contribution >= 0.6 is 0 Å². The lowest BCUT2D eigenvalue weighted by Gasteiger charge is -2.56. The zero-order chi connectivity index (χ0) is 27.3. The molecule has 1 N–H and O–H groups in total. The van der Waals surface area contributed by atoms with Crippen LogP contribution in [-0.2, 0) is 42.9 Å². The van der Waals surface area contributed by atoms with E-state index in [1.165, 1.54) is 13.8 Å². The predicted octanol–water partition coefficient (Wildman–Crippen LogP) is 2.39. The number of carbonyl (C=O) groups excluding carboxylic acids is 4. The summed E-state index contributed by atoms with van der Waals surface area (Å²) < 4.78 is 29.5. The van der Waals surface area contributed by atoms with Crippen LogP contribution in [0.3, 0.4) is 0 Å². The molecule has 2 saturated heterocycles. The van der Waals surface area contributed by atoms with Gasteiger partial charge in [0.25, 0.3) is 0 Å². The van der Waals surface area contributed by atoms with Crippen molar-refractivity contribution in [2.75, 3.05) is 6.61 Å². The quantitative estimate of drug-likeness (QED) is 0.253. The zero-order valence-corrected chi connectivity index (χ0v) is 22.4. The van der Waals surface area contributed by atoms with Crippen LogP contribution < -0.4 is 0 Å². The minimum atomic E-state index is -1.94. The van der Waals surface area contributed by atoms with Gasteiger partial charge in [0.1, 0.15) is 18.3 Å². The topological polar surface area (TPSA) is 138 Å². The van der Waals surface area contributed by atoms with Crippen LogP contribution in [0.25, 0.3) is 0 Å². The van der Waals surface area contributed by atoms with Gasteiger partial charge in [0.15, 0.2) is 11.7 Å². The second-order valence-electron chi connectivity index (χ2n) is 11.2. The van der Waals surface area contributed by atoms with Crippen LogP contribution in [0.4, 0.5) is 0 Å². The summed E-state index contributed by atoms with van der Waals surface area (Å²) in [4.78, 5) is 50.3. The Morgan fingerprint density at radius 3 is 2.30 bits per heavy atom. The number of epoxide rings is 1. The minimum absolute atomic E-state index is 0.144. The standard InChI is InChI=1S/C27H38O10/c1-7-21(30)36-18-9-8-14(2)12-20-27(32,15(3)24(31)37-20)23(35-17(5)29)22-25(18,6)19(34-16(4)28)10-11-26(22)13-33-26/h12,15,18-20,22-23,32H,7-11,13H2,1-6H3/b14-12-/t15-,18-,19-,20-,22+,23-,25-,26-,27-/m0/s1. The molecule has 10 heteroatoms. The number of rotatable bonds is 4. The van der Waals surface area contributed by atoms with Crippen molar-refractivity contribution in [3.63, 3.8) is 0 Å². The smallest absolute Gasteiger partial charge is 0.312 e. The molecule has 1 spiro atoms. The molecule has 10 nitrogen and oxygen atoms in total. The first-order valence-corrected chi connectivity index (χ1v) is 13.1. The van der Waals surface area contributed by atoms with E-state index < -0.39 is 76.7 Å². The van der Waals surface area contributed by atoms with Crippen molar-refractivity contribution in [3.8, 4) is 0 Å². The summed E-state index contributed by atoms with van der Waals surface area (Å²) in [5.41, 5.74) is -3.09. The Kier molecular flexibility index (Phi) is 7.22. The van der Waals surface area contributed by atoms with Crippen molar-refractivity contribution in [2.24, 2.45) is 17.3 Å². The van der Waals surface area contributed by atoms with Gasteiger partial charge >= 0.3 is 23.9 Å². The first-order valence-electron chi connectivity index (χ1n) is 13.1. The number of hydrogen-bond donors (Lipinski definition) is 1. The molecule has 0 aromatic rings. The Balaban J connectivity index is 1.99. The Morgan fingerprint density at radius 1 is 1.11 bits per heavy atom. The third-order valence-electron chi connectivity index (χ3n) is 8.87. The number of hydrogen-bond acceptors (Lipinski definition) is 10. The second-order valence-corrected chi connectivity index (χ2v) is 11.2. The molecule has 0 bridgehead atoms. The van der Waals surface area contributed by atoms with E-state index in [-0.39, 0.29) is 6.42 Å². The molecular weight excluding hydrogens is 484 g/mol. The number of carbonyl (C=O) groups is 4. The van der Waals surface area contributed by atoms with Crippen molar-refractivity contribution in [2.45, 2.75) is 109 Å². The normalized spacial score (nSPS) is 44.4. The molecule has 0 unspecified atom stereocenters. The molecule has 9 atom stereocenters. The lowest BCUT2D eigenvalue weighted by Crippen LogP contribution is -2.69. The van der Waals surface area contributed by atoms with E-state index in [2.05, 4.69) is 0 Å². The van der Waals surface area contributed by atoms with Crippen LogP contribution in [-0.4, -0.2) is 71.2 Å². The molecule has 0 aromatic heterocycles. The highest BCUT2D eigenvalue weighted by atomic mass is 16.6. The van der Waals surface area contributed by atoms with Gasteiger partial charge in [0, 0.05) is 26.2 Å². The summed E-state index contributed by atoms with van der Waals surface area (Å²) >= 11 is 0. The number of fused-ring (bicyclic) bond motifs is 3. The van der Waals surface area contributed by atoms with E-state index in [1.54, 1.807) is 19.9 Å². The van der Waals surface area contributed by atoms with Crippen molar-refractivity contribution >= 4 is 23.9 Å². The summed E-state index contributed by atoms with van der Waals surface area (Å²) in [5.74, 6) is -4.00. The molecule has 0 aromatic carbocycles. The number of allylic oxidation sites excluding steroid dienone is 1. The summed E-state index contributed by atoms with van der Waals surface area (Å²) in [6.45, 7) is 9.81. The highest BCUT2D eigenvalue weighted by Crippen LogP contribution is 2.62. The molecule has 3 fully saturated rings. The van der Waals surface area contributed by atoms with Gasteiger partial charge < -0.3 is 28.8 Å². The Labute approximate surface area is 217 Å². The molecule has 4 rings (SSSR count). The molecule has 2 aliphatic heterocycles. The van der Waals surface area contributed by atoms with E-state index in [0.717, 1.165) is 5.57 Å². The van der Waals surface area contributed by atoms with Gasteiger partial charge in [-0.3, -0.25) is 19.2 Å². The maximum atomic E-state index is 12.8. The maximum absolute atomic E-state index is 12.8. The maximum Gasteiger partial charge on any atom is 0.312 e. The number of ether oxygens (including phenoxy) is 5. The van der Waals surface area contributed by atoms with Crippen LogP contribution in [0.5, 0.6) is 0 Å². The molecule has 0 amide bonds. The summed E-state index contributed by atoms with van der Waals surface area (Å²) in [5, 5.41) is 12.4. The average Bonchev–Trinajstić information content (AvgIpc) is 3.55. The monoisotopic (exact) mass is 522 g/mol. The zero-order valence-electron chi connectivity index (χ0n) is 22.4. The Morgan fingerprint density at radius 2 is 1.73 bits per heavy atom. The average molecular weight is 523 g/mol. The molecule has 2 heterocycles. The van der Waals surface area contributed by atoms with Crippen LogP contribution in [0.15, 0.2) is 11.6 Å². The SMILES string of the molecule is CCC(=O)O[C@H]1CC/C(C)=C\[C@@H]2OC(=O)[C@H](C)[C@@]2(O)[C@@H](OC(C)=O)[C@H]2[C@]3(CC[C@H](OC(C)=O)[C@]12C)CO3. The lowest BCUT2D eigenvalue weighted by molar-refractivity contribution is -0.242. The molecule has 2 aliphatic carbocycles. The second kappa shape index (κ2) is 9.69. The van der Waals surface area contributed by atoms with Gasteiger partial charge in [0.05, 0.1) is 23.5 Å². The fourth-order valence-corrected chi connectivity index (χ4v) is 6.80. The van der Waals surface area contributed by atoms with Gasteiger partial charge in [-0.2, -0.15) is 0 Å². The van der Waals surface area contributed by atoms with Crippen LogP contribution in [0.1, 0.15) is 73.6 Å². The fraction of sp³-hybridized carbons (Fsp3) is 0.778. The molecule has 0 radical (unpaired) electrons. The van der Waals surface area contributed by atoms with E-state index in [0.29, 0.717) is 32.3 Å². The minimum Gasteiger partial charge on any atom is -0.462 e. The van der Waals surface area contributed by atoms with Crippen LogP contribution in [0.2, 0.25) is 0 Å². The van der Waals surface area contributed by atoms with Crippen molar-refractivity contribution in [1.82, 2.24) is 0 Å². The first-order chi connectivity index (χ1) is 17.3. The number of aliphatic hydroxyl groups is 1. The van der Waals surface area contributed by atoms with Gasteiger partial charge in [-0.05, 0) is 45.6 Å². The Hall–Kier alpha value is -2.46. The third-order valence-corrected chi connectivity index (χ3v) is 8.87. The third kappa shape index (κ3) is 4.56. The highest BCUT2D eigenvalue weighted by molar-refractivity contribution is 5.77. The van der Waals surface area contributed by atoms with E-state index in [4.69, 9.17) is 23.7 Å². The fourth-order valence-electron chi connectivity index (χ4n) is 6.80. The first kappa shape index (κ1) is 27.6. The summed E-state index contributed by atoms with van der Waals surface area (Å²) in [6.07, 6.45) is -0.246. The van der Waals surface area contributed by atoms with Gasteiger partial charge in [-0.25, -0.2) is 0 Å². The van der Waals surface area contributed by atoms with Crippen molar-refractivity contribution in [1.29, 1.82) is 0 Å². The largest absolute Gasteiger partial charge is 0.462 e. The molecule has 37 heavy (non-hydrogen) atoms. The van der Waals surface area contributed by atoms with Gasteiger partial charge in [-0.1, -0.05) is 19.4 Å². The Bertz CT molecular complexity index is 999. The van der Waals surface area contributed by atoms with E-state index in [9.17, 15) is 24.3 Å². The lowest BCUT2D eigenvalue weighted by atomic mass is 9.52. The van der Waals surface area contributed by atoms with E-state index in [1.807, 2.05) is 13.8 Å². The van der Waals surface area contributed by atoms with Crippen LogP contribution in [0, 0.1) is 17.3 Å².